The molecule has 2 aromatic rings. The molecule has 0 aromatic heterocycles. The number of alkyl halides is 2. The minimum Gasteiger partial charge on any atom is -0.497 e. The molecule has 1 amide bonds. The number of carbonyl (C=O) groups is 1. The normalized spacial score (nSPS) is 11.2. The quantitative estimate of drug-likeness (QED) is 0.460. The van der Waals surface area contributed by atoms with Crippen LogP contribution in [0.2, 0.25) is 0 Å². The predicted octanol–water partition coefficient (Wildman–Crippen LogP) is 2.74. The van der Waals surface area contributed by atoms with E-state index in [1.54, 1.807) is 6.07 Å². The van der Waals surface area contributed by atoms with Crippen molar-refractivity contribution in [3.63, 3.8) is 0 Å². The van der Waals surface area contributed by atoms with Gasteiger partial charge in [-0.25, -0.2) is 4.39 Å². The number of nitrogens with zero attached hydrogens (tertiary/aromatic N) is 1. The molecular weight excluding hydrogens is 389 g/mol. The van der Waals surface area contributed by atoms with Gasteiger partial charge in [-0.15, -0.1) is 0 Å². The van der Waals surface area contributed by atoms with E-state index in [1.165, 1.54) is 50.6 Å². The first-order valence-corrected chi connectivity index (χ1v) is 8.53. The van der Waals surface area contributed by atoms with Gasteiger partial charge in [0, 0.05) is 24.8 Å². The van der Waals surface area contributed by atoms with Crippen molar-refractivity contribution in [3.8, 4) is 11.5 Å². The molecule has 0 bridgehead atoms. The highest BCUT2D eigenvalue weighted by Gasteiger charge is 2.12. The number of hydrogen-bond acceptors (Lipinski definition) is 4. The summed E-state index contributed by atoms with van der Waals surface area (Å²) in [7, 11) is 2.95. The van der Waals surface area contributed by atoms with Crippen LogP contribution in [0, 0.1) is 5.82 Å². The SMILES string of the molecule is CN=C(NCC(=O)Nc1ccc(F)cc1)NCc1cc(OC)ccc1OC(F)F. The molecule has 0 heterocycles. The summed E-state index contributed by atoms with van der Waals surface area (Å²) < 4.78 is 47.7. The predicted molar refractivity (Wildman–Crippen MR) is 103 cm³/mol. The minimum absolute atomic E-state index is 0.00203. The second-order valence-corrected chi connectivity index (χ2v) is 5.69. The Balaban J connectivity index is 1.91. The lowest BCUT2D eigenvalue weighted by Crippen LogP contribution is -2.41. The van der Waals surface area contributed by atoms with E-state index in [-0.39, 0.29) is 30.7 Å². The fraction of sp³-hybridized carbons (Fsp3) is 0.263. The molecule has 0 aliphatic carbocycles. The summed E-state index contributed by atoms with van der Waals surface area (Å²) in [5.74, 6) is -0.0333. The number of halogens is 3. The number of ether oxygens (including phenoxy) is 2. The van der Waals surface area contributed by atoms with Gasteiger partial charge >= 0.3 is 6.61 Å². The van der Waals surface area contributed by atoms with Gasteiger partial charge in [-0.3, -0.25) is 9.79 Å². The van der Waals surface area contributed by atoms with Crippen LogP contribution >= 0.6 is 0 Å². The van der Waals surface area contributed by atoms with E-state index >= 15 is 0 Å². The van der Waals surface area contributed by atoms with Crippen molar-refractivity contribution < 1.29 is 27.4 Å². The molecule has 29 heavy (non-hydrogen) atoms. The van der Waals surface area contributed by atoms with Crippen molar-refractivity contribution in [1.29, 1.82) is 0 Å². The summed E-state index contributed by atoms with van der Waals surface area (Å²) in [5, 5.41) is 8.30. The maximum Gasteiger partial charge on any atom is 0.387 e. The van der Waals surface area contributed by atoms with Crippen LogP contribution in [0.5, 0.6) is 11.5 Å². The number of hydrogen-bond donors (Lipinski definition) is 3. The Labute approximate surface area is 165 Å². The van der Waals surface area contributed by atoms with Crippen LogP contribution in [0.3, 0.4) is 0 Å². The van der Waals surface area contributed by atoms with Gasteiger partial charge in [0.05, 0.1) is 13.7 Å². The number of anilines is 1. The third-order valence-corrected chi connectivity index (χ3v) is 3.70. The number of amides is 1. The Morgan fingerprint density at radius 3 is 2.48 bits per heavy atom. The van der Waals surface area contributed by atoms with E-state index < -0.39 is 12.4 Å². The Bertz CT molecular complexity index is 845. The molecule has 0 aliphatic heterocycles. The Morgan fingerprint density at radius 1 is 1.14 bits per heavy atom. The fourth-order valence-corrected chi connectivity index (χ4v) is 2.33. The van der Waals surface area contributed by atoms with Crippen LogP contribution in [-0.2, 0) is 11.3 Å². The summed E-state index contributed by atoms with van der Waals surface area (Å²) in [5.41, 5.74) is 0.870. The summed E-state index contributed by atoms with van der Waals surface area (Å²) in [4.78, 5) is 16.0. The number of benzene rings is 2. The Hall–Kier alpha value is -3.43. The Morgan fingerprint density at radius 2 is 1.86 bits per heavy atom. The number of nitrogens with one attached hydrogen (secondary N) is 3. The highest BCUT2D eigenvalue weighted by Crippen LogP contribution is 2.25. The summed E-state index contributed by atoms with van der Waals surface area (Å²) in [6, 6.07) is 9.79. The van der Waals surface area contributed by atoms with Crippen molar-refractivity contribution in [2.45, 2.75) is 13.2 Å². The van der Waals surface area contributed by atoms with Gasteiger partial charge in [0.1, 0.15) is 17.3 Å². The molecule has 0 aliphatic rings. The maximum absolute atomic E-state index is 12.9. The molecule has 0 spiro atoms. The third kappa shape index (κ3) is 7.24. The molecule has 2 aromatic carbocycles. The first-order valence-electron chi connectivity index (χ1n) is 8.53. The van der Waals surface area contributed by atoms with Gasteiger partial charge in [-0.2, -0.15) is 8.78 Å². The minimum atomic E-state index is -2.96. The van der Waals surface area contributed by atoms with E-state index in [9.17, 15) is 18.0 Å². The molecule has 0 fully saturated rings. The molecule has 0 radical (unpaired) electrons. The molecular formula is C19H21F3N4O3. The number of guanidine groups is 1. The molecule has 3 N–H and O–H groups in total. The summed E-state index contributed by atoms with van der Waals surface area (Å²) in [6.07, 6.45) is 0. The van der Waals surface area contributed by atoms with Crippen molar-refractivity contribution in [1.82, 2.24) is 10.6 Å². The van der Waals surface area contributed by atoms with Crippen molar-refractivity contribution >= 4 is 17.6 Å². The maximum atomic E-state index is 12.9. The molecule has 0 unspecified atom stereocenters. The first kappa shape index (κ1) is 21.9. The van der Waals surface area contributed by atoms with E-state index in [0.29, 0.717) is 17.0 Å². The molecule has 0 saturated heterocycles. The van der Waals surface area contributed by atoms with Gasteiger partial charge in [0.25, 0.3) is 0 Å². The number of carbonyl (C=O) groups excluding carboxylic acids is 1. The van der Waals surface area contributed by atoms with Crippen LogP contribution in [0.4, 0.5) is 18.9 Å². The third-order valence-electron chi connectivity index (χ3n) is 3.70. The first-order chi connectivity index (χ1) is 13.9. The van der Waals surface area contributed by atoms with Crippen LogP contribution < -0.4 is 25.4 Å². The van der Waals surface area contributed by atoms with Crippen LogP contribution in [0.25, 0.3) is 0 Å². The lowest BCUT2D eigenvalue weighted by atomic mass is 10.2. The zero-order valence-corrected chi connectivity index (χ0v) is 15.8. The summed E-state index contributed by atoms with van der Waals surface area (Å²) in [6.45, 7) is -2.98. The topological polar surface area (TPSA) is 84.0 Å². The number of rotatable bonds is 8. The molecule has 156 valence electrons. The van der Waals surface area contributed by atoms with Crippen LogP contribution in [0.15, 0.2) is 47.5 Å². The molecule has 7 nitrogen and oxygen atoms in total. The van der Waals surface area contributed by atoms with E-state index in [4.69, 9.17) is 4.74 Å². The van der Waals surface area contributed by atoms with Crippen LogP contribution in [0.1, 0.15) is 5.56 Å². The monoisotopic (exact) mass is 410 g/mol. The molecule has 0 atom stereocenters. The average Bonchev–Trinajstić information content (AvgIpc) is 2.70. The lowest BCUT2D eigenvalue weighted by molar-refractivity contribution is -0.115. The average molecular weight is 410 g/mol. The van der Waals surface area contributed by atoms with E-state index in [1.807, 2.05) is 0 Å². The van der Waals surface area contributed by atoms with Gasteiger partial charge in [0.2, 0.25) is 5.91 Å². The van der Waals surface area contributed by atoms with Crippen molar-refractivity contribution in [3.05, 3.63) is 53.8 Å². The van der Waals surface area contributed by atoms with Gasteiger partial charge < -0.3 is 25.4 Å². The van der Waals surface area contributed by atoms with Gasteiger partial charge in [-0.1, -0.05) is 0 Å². The highest BCUT2D eigenvalue weighted by molar-refractivity contribution is 5.94. The highest BCUT2D eigenvalue weighted by atomic mass is 19.3. The van der Waals surface area contributed by atoms with E-state index in [2.05, 4.69) is 25.7 Å². The second kappa shape index (κ2) is 10.8. The van der Waals surface area contributed by atoms with E-state index in [0.717, 1.165) is 0 Å². The molecule has 0 saturated carbocycles. The fourth-order valence-electron chi connectivity index (χ4n) is 2.33. The smallest absolute Gasteiger partial charge is 0.387 e. The zero-order valence-electron chi connectivity index (χ0n) is 15.8. The summed E-state index contributed by atoms with van der Waals surface area (Å²) >= 11 is 0. The Kier molecular flexibility index (Phi) is 8.13. The van der Waals surface area contributed by atoms with Crippen LogP contribution in [-0.4, -0.2) is 39.2 Å². The van der Waals surface area contributed by atoms with Gasteiger partial charge in [0.15, 0.2) is 5.96 Å². The lowest BCUT2D eigenvalue weighted by Gasteiger charge is -2.15. The molecule has 2 rings (SSSR count). The number of methoxy groups -OCH3 is 1. The van der Waals surface area contributed by atoms with Gasteiger partial charge in [-0.05, 0) is 42.5 Å². The number of aliphatic imine (C=N–C) groups is 1. The standard InChI is InChI=1S/C19H21F3N4O3/c1-23-19(25-11-17(27)26-14-5-3-13(20)4-6-14)24-10-12-9-15(28-2)7-8-16(12)29-18(21)22/h3-9,18H,10-11H2,1-2H3,(H,26,27)(H2,23,24,25). The largest absolute Gasteiger partial charge is 0.497 e. The second-order valence-electron chi connectivity index (χ2n) is 5.69. The zero-order chi connectivity index (χ0) is 21.2. The molecule has 10 heteroatoms. The van der Waals surface area contributed by atoms with Crippen molar-refractivity contribution in [2.75, 3.05) is 26.0 Å². The van der Waals surface area contributed by atoms with Crippen molar-refractivity contribution in [2.24, 2.45) is 4.99 Å².